The summed E-state index contributed by atoms with van der Waals surface area (Å²) in [5, 5.41) is 3.95. The first-order valence-electron chi connectivity index (χ1n) is 10.5. The van der Waals surface area contributed by atoms with E-state index in [1.165, 1.54) is 12.1 Å². The maximum absolute atomic E-state index is 12.9. The molecule has 0 unspecified atom stereocenters. The van der Waals surface area contributed by atoms with Crippen LogP contribution in [0, 0.1) is 6.92 Å². The summed E-state index contributed by atoms with van der Waals surface area (Å²) in [6, 6.07) is 21.9. The van der Waals surface area contributed by atoms with Gasteiger partial charge in [0.2, 0.25) is 21.7 Å². The van der Waals surface area contributed by atoms with Crippen molar-refractivity contribution in [3.8, 4) is 11.4 Å². The van der Waals surface area contributed by atoms with Gasteiger partial charge in [-0.25, -0.2) is 13.1 Å². The van der Waals surface area contributed by atoms with E-state index in [2.05, 4.69) is 14.9 Å². The summed E-state index contributed by atoms with van der Waals surface area (Å²) in [5.41, 5.74) is 3.49. The van der Waals surface area contributed by atoms with Crippen LogP contribution < -0.4 is 9.60 Å². The summed E-state index contributed by atoms with van der Waals surface area (Å²) < 4.78 is 35.7. The molecule has 2 aromatic heterocycles. The molecule has 0 bridgehead atoms. The predicted molar refractivity (Wildman–Crippen MR) is 130 cm³/mol. The van der Waals surface area contributed by atoms with Gasteiger partial charge in [-0.3, -0.25) is 9.36 Å². The molecule has 0 saturated carbocycles. The van der Waals surface area contributed by atoms with Crippen LogP contribution in [0.4, 0.5) is 0 Å². The van der Waals surface area contributed by atoms with Gasteiger partial charge in [0.25, 0.3) is 0 Å². The Labute approximate surface area is 199 Å². The highest BCUT2D eigenvalue weighted by molar-refractivity contribution is 7.89. The molecule has 0 radical (unpaired) electrons. The minimum absolute atomic E-state index is 0.0618. The Bertz CT molecular complexity index is 1640. The highest BCUT2D eigenvalue weighted by Crippen LogP contribution is 2.23. The molecule has 0 amide bonds. The van der Waals surface area contributed by atoms with E-state index in [0.717, 1.165) is 28.0 Å². The monoisotopic (exact) mass is 492 g/mol. The number of hydrogen-bond acceptors (Lipinski definition) is 7. The lowest BCUT2D eigenvalue weighted by molar-refractivity contribution is 0.376. The number of hydrogen-bond donors (Lipinski definition) is 1. The fourth-order valence-corrected chi connectivity index (χ4v) is 5.63. The molecule has 8 nitrogen and oxygen atoms in total. The number of fused-ring (bicyclic) bond motifs is 1. The second-order valence-corrected chi connectivity index (χ2v) is 10.5. The molecule has 0 spiro atoms. The van der Waals surface area contributed by atoms with Gasteiger partial charge in [0, 0.05) is 5.56 Å². The molecule has 3 aromatic carbocycles. The Balaban J connectivity index is 1.35. The fourth-order valence-electron chi connectivity index (χ4n) is 3.63. The van der Waals surface area contributed by atoms with Crippen molar-refractivity contribution in [3.05, 3.63) is 99.5 Å². The molecule has 0 fully saturated rings. The zero-order chi connectivity index (χ0) is 23.7. The van der Waals surface area contributed by atoms with E-state index in [4.69, 9.17) is 4.52 Å². The van der Waals surface area contributed by atoms with Crippen LogP contribution in [0.3, 0.4) is 0 Å². The number of rotatable bonds is 7. The van der Waals surface area contributed by atoms with E-state index >= 15 is 0 Å². The van der Waals surface area contributed by atoms with E-state index in [0.29, 0.717) is 22.6 Å². The summed E-state index contributed by atoms with van der Waals surface area (Å²) in [5.74, 6) is 0.555. The van der Waals surface area contributed by atoms with Crippen LogP contribution in [0.1, 0.15) is 17.0 Å². The van der Waals surface area contributed by atoms with Gasteiger partial charge in [0.15, 0.2) is 0 Å². The van der Waals surface area contributed by atoms with Crippen molar-refractivity contribution < 1.29 is 12.9 Å². The lowest BCUT2D eigenvalue weighted by Crippen LogP contribution is -2.23. The predicted octanol–water partition coefficient (Wildman–Crippen LogP) is 3.95. The van der Waals surface area contributed by atoms with Crippen LogP contribution in [0.15, 0.2) is 87.0 Å². The molecule has 0 aliphatic rings. The molecule has 0 aliphatic heterocycles. The molecule has 0 saturated heterocycles. The number of aryl methyl sites for hydroxylation is 1. The Morgan fingerprint density at radius 2 is 1.79 bits per heavy atom. The first-order chi connectivity index (χ1) is 16.4. The van der Waals surface area contributed by atoms with E-state index in [1.807, 2.05) is 61.5 Å². The van der Waals surface area contributed by atoms with Crippen LogP contribution in [-0.2, 0) is 23.1 Å². The molecular weight excluding hydrogens is 472 g/mol. The second-order valence-electron chi connectivity index (χ2n) is 7.72. The standard InChI is InChI=1S/C24H20N4O4S2/c1-16-7-5-6-10-19(16)23-26-22(32-27-23)14-25-34(30,31)18-11-12-20-21(13-18)33-24(29)28(20)15-17-8-3-2-4-9-17/h2-13,25H,14-15H2,1H3. The van der Waals surface area contributed by atoms with Gasteiger partial charge in [-0.15, -0.1) is 0 Å². The largest absolute Gasteiger partial charge is 0.338 e. The van der Waals surface area contributed by atoms with Gasteiger partial charge in [-0.1, -0.05) is 71.1 Å². The van der Waals surface area contributed by atoms with Crippen LogP contribution in [0.2, 0.25) is 0 Å². The van der Waals surface area contributed by atoms with Crippen molar-refractivity contribution in [1.82, 2.24) is 19.4 Å². The molecule has 2 heterocycles. The SMILES string of the molecule is Cc1ccccc1-c1noc(CNS(=O)(=O)c2ccc3c(c2)sc(=O)n3Cc2ccccc2)n1. The van der Waals surface area contributed by atoms with Crippen LogP contribution in [0.5, 0.6) is 0 Å². The topological polar surface area (TPSA) is 107 Å². The van der Waals surface area contributed by atoms with E-state index < -0.39 is 10.0 Å². The number of sulfonamides is 1. The Kier molecular flexibility index (Phi) is 5.86. The zero-order valence-electron chi connectivity index (χ0n) is 18.1. The molecule has 5 rings (SSSR count). The molecule has 0 aliphatic carbocycles. The first kappa shape index (κ1) is 22.2. The van der Waals surface area contributed by atoms with E-state index in [9.17, 15) is 13.2 Å². The van der Waals surface area contributed by atoms with Gasteiger partial charge in [-0.2, -0.15) is 4.98 Å². The van der Waals surface area contributed by atoms with E-state index in [1.54, 1.807) is 10.6 Å². The molecule has 10 heteroatoms. The number of aromatic nitrogens is 3. The van der Waals surface area contributed by atoms with Gasteiger partial charge in [0.1, 0.15) is 0 Å². The molecule has 0 atom stereocenters. The highest BCUT2D eigenvalue weighted by Gasteiger charge is 2.19. The molecule has 1 N–H and O–H groups in total. The second kappa shape index (κ2) is 8.98. The minimum atomic E-state index is -3.86. The smallest absolute Gasteiger partial charge is 0.308 e. The summed E-state index contributed by atoms with van der Waals surface area (Å²) in [4.78, 5) is 16.8. The maximum atomic E-state index is 12.9. The third-order valence-electron chi connectivity index (χ3n) is 5.40. The van der Waals surface area contributed by atoms with Crippen molar-refractivity contribution >= 4 is 31.6 Å². The van der Waals surface area contributed by atoms with E-state index in [-0.39, 0.29) is 22.2 Å². The normalized spacial score (nSPS) is 11.8. The Hall–Kier alpha value is -3.60. The number of nitrogens with zero attached hydrogens (tertiary/aromatic N) is 3. The maximum Gasteiger partial charge on any atom is 0.308 e. The number of nitrogens with one attached hydrogen (secondary N) is 1. The van der Waals surface area contributed by atoms with Crippen LogP contribution in [-0.4, -0.2) is 23.1 Å². The summed E-state index contributed by atoms with van der Waals surface area (Å²) in [6.07, 6.45) is 0. The van der Waals surface area contributed by atoms with Gasteiger partial charge in [-0.05, 0) is 36.2 Å². The lowest BCUT2D eigenvalue weighted by Gasteiger charge is -2.06. The van der Waals surface area contributed by atoms with Crippen molar-refractivity contribution in [2.45, 2.75) is 24.9 Å². The summed E-state index contributed by atoms with van der Waals surface area (Å²) in [6.45, 7) is 2.21. The van der Waals surface area contributed by atoms with Gasteiger partial charge >= 0.3 is 4.87 Å². The molecule has 172 valence electrons. The van der Waals surface area contributed by atoms with Crippen molar-refractivity contribution in [1.29, 1.82) is 0 Å². The Morgan fingerprint density at radius 3 is 2.59 bits per heavy atom. The van der Waals surface area contributed by atoms with Crippen LogP contribution >= 0.6 is 11.3 Å². The Morgan fingerprint density at radius 1 is 1.03 bits per heavy atom. The van der Waals surface area contributed by atoms with Crippen molar-refractivity contribution in [2.75, 3.05) is 0 Å². The fraction of sp³-hybridized carbons (Fsp3) is 0.125. The van der Waals surface area contributed by atoms with Crippen molar-refractivity contribution in [2.24, 2.45) is 0 Å². The highest BCUT2D eigenvalue weighted by atomic mass is 32.2. The number of thiazole rings is 1. The minimum Gasteiger partial charge on any atom is -0.338 e. The average Bonchev–Trinajstić information content (AvgIpc) is 3.43. The third kappa shape index (κ3) is 4.43. The number of benzene rings is 3. The summed E-state index contributed by atoms with van der Waals surface area (Å²) in [7, 11) is -3.86. The van der Waals surface area contributed by atoms with Crippen LogP contribution in [0.25, 0.3) is 21.6 Å². The zero-order valence-corrected chi connectivity index (χ0v) is 19.8. The van der Waals surface area contributed by atoms with Gasteiger partial charge in [0.05, 0.1) is 28.2 Å². The molecule has 34 heavy (non-hydrogen) atoms. The first-order valence-corrected chi connectivity index (χ1v) is 12.8. The summed E-state index contributed by atoms with van der Waals surface area (Å²) >= 11 is 1.02. The molecule has 5 aromatic rings. The molecular formula is C24H20N4O4S2. The van der Waals surface area contributed by atoms with Crippen molar-refractivity contribution in [3.63, 3.8) is 0 Å². The average molecular weight is 493 g/mol. The lowest BCUT2D eigenvalue weighted by atomic mass is 10.1. The van der Waals surface area contributed by atoms with Gasteiger partial charge < -0.3 is 4.52 Å². The third-order valence-corrected chi connectivity index (χ3v) is 7.74. The quantitative estimate of drug-likeness (QED) is 0.369.